The van der Waals surface area contributed by atoms with Crippen LogP contribution in [0.4, 0.5) is 17.1 Å². The van der Waals surface area contributed by atoms with Crippen molar-refractivity contribution in [1.82, 2.24) is 15.2 Å². The molecule has 1 amide bonds. The number of aromatic nitrogens is 3. The summed E-state index contributed by atoms with van der Waals surface area (Å²) in [5, 5.41) is 11.3. The molecule has 0 saturated carbocycles. The molecule has 7 nitrogen and oxygen atoms in total. The van der Waals surface area contributed by atoms with E-state index in [9.17, 15) is 4.79 Å². The maximum absolute atomic E-state index is 12.0. The van der Waals surface area contributed by atoms with Crippen molar-refractivity contribution in [2.45, 2.75) is 0 Å². The third-order valence-electron chi connectivity index (χ3n) is 4.44. The van der Waals surface area contributed by atoms with Crippen LogP contribution in [0.3, 0.4) is 0 Å². The molecule has 0 unspecified atom stereocenters. The Morgan fingerprint density at radius 1 is 0.897 bits per heavy atom. The number of carbonyl (C=O) groups is 1. The maximum atomic E-state index is 12.0. The standard InChI is InChI=1S/C22H18N6O/c23-17-5-2-12-25-21(17)20-16(22(24)29)4-1-6-19(20)27-15-10-8-14(9-11-15)18-7-3-13-26-28-18/h1-13,27H,23H2,(H2,24,29). The van der Waals surface area contributed by atoms with Crippen LogP contribution in [0.15, 0.2) is 79.1 Å². The summed E-state index contributed by atoms with van der Waals surface area (Å²) in [5.41, 5.74) is 16.8. The Hall–Kier alpha value is -4.26. The third-order valence-corrected chi connectivity index (χ3v) is 4.44. The zero-order valence-electron chi connectivity index (χ0n) is 15.4. The molecule has 2 aromatic carbocycles. The molecule has 0 aliphatic carbocycles. The van der Waals surface area contributed by atoms with Crippen molar-refractivity contribution in [3.63, 3.8) is 0 Å². The van der Waals surface area contributed by atoms with Crippen molar-refractivity contribution in [1.29, 1.82) is 0 Å². The Morgan fingerprint density at radius 2 is 1.69 bits per heavy atom. The van der Waals surface area contributed by atoms with Gasteiger partial charge in [0, 0.05) is 34.9 Å². The van der Waals surface area contributed by atoms with E-state index in [1.807, 2.05) is 42.5 Å². The molecule has 0 bridgehead atoms. The molecule has 0 radical (unpaired) electrons. The van der Waals surface area contributed by atoms with Gasteiger partial charge in [0.05, 0.1) is 22.6 Å². The number of nitrogen functional groups attached to an aromatic ring is 1. The quantitative estimate of drug-likeness (QED) is 0.485. The molecule has 0 aliphatic heterocycles. The fraction of sp³-hybridized carbons (Fsp3) is 0. The van der Waals surface area contributed by atoms with E-state index in [-0.39, 0.29) is 0 Å². The minimum Gasteiger partial charge on any atom is -0.397 e. The predicted octanol–water partition coefficient (Wildman–Crippen LogP) is 3.63. The molecule has 4 aromatic rings. The van der Waals surface area contributed by atoms with E-state index in [0.29, 0.717) is 28.2 Å². The van der Waals surface area contributed by atoms with Crippen molar-refractivity contribution in [3.05, 3.63) is 84.7 Å². The van der Waals surface area contributed by atoms with Gasteiger partial charge in [-0.15, -0.1) is 0 Å². The van der Waals surface area contributed by atoms with Crippen LogP contribution in [0.5, 0.6) is 0 Å². The van der Waals surface area contributed by atoms with Crippen LogP contribution in [-0.4, -0.2) is 21.1 Å². The number of amides is 1. The highest BCUT2D eigenvalue weighted by atomic mass is 16.1. The SMILES string of the molecule is NC(=O)c1cccc(Nc2ccc(-c3cccnn3)cc2)c1-c1ncccc1N. The first-order chi connectivity index (χ1) is 14.1. The van der Waals surface area contributed by atoms with Crippen LogP contribution in [0.1, 0.15) is 10.4 Å². The van der Waals surface area contributed by atoms with Gasteiger partial charge in [-0.05, 0) is 48.5 Å². The highest BCUT2D eigenvalue weighted by molar-refractivity contribution is 6.04. The van der Waals surface area contributed by atoms with E-state index < -0.39 is 5.91 Å². The minimum atomic E-state index is -0.549. The number of hydrogen-bond acceptors (Lipinski definition) is 6. The van der Waals surface area contributed by atoms with Gasteiger partial charge in [0.25, 0.3) is 0 Å². The summed E-state index contributed by atoms with van der Waals surface area (Å²) in [4.78, 5) is 16.4. The van der Waals surface area contributed by atoms with Crippen molar-refractivity contribution in [3.8, 4) is 22.5 Å². The summed E-state index contributed by atoms with van der Waals surface area (Å²) in [6.45, 7) is 0. The molecule has 0 fully saturated rings. The lowest BCUT2D eigenvalue weighted by atomic mass is 9.99. The average Bonchev–Trinajstić information content (AvgIpc) is 2.75. The number of benzene rings is 2. The van der Waals surface area contributed by atoms with Gasteiger partial charge in [0.1, 0.15) is 0 Å². The van der Waals surface area contributed by atoms with Crippen molar-refractivity contribution < 1.29 is 4.79 Å². The van der Waals surface area contributed by atoms with Gasteiger partial charge in [0.15, 0.2) is 0 Å². The van der Waals surface area contributed by atoms with E-state index in [1.165, 1.54) is 0 Å². The predicted molar refractivity (Wildman–Crippen MR) is 113 cm³/mol. The molecule has 4 rings (SSSR count). The van der Waals surface area contributed by atoms with Crippen LogP contribution in [-0.2, 0) is 0 Å². The topological polar surface area (TPSA) is 120 Å². The van der Waals surface area contributed by atoms with Gasteiger partial charge in [-0.1, -0.05) is 18.2 Å². The van der Waals surface area contributed by atoms with Gasteiger partial charge in [-0.25, -0.2) is 0 Å². The summed E-state index contributed by atoms with van der Waals surface area (Å²) < 4.78 is 0. The zero-order valence-corrected chi connectivity index (χ0v) is 15.4. The highest BCUT2D eigenvalue weighted by Gasteiger charge is 2.18. The molecular formula is C22H18N6O. The normalized spacial score (nSPS) is 10.5. The number of nitrogens with one attached hydrogen (secondary N) is 1. The average molecular weight is 382 g/mol. The minimum absolute atomic E-state index is 0.344. The number of nitrogens with zero attached hydrogens (tertiary/aromatic N) is 3. The molecule has 2 heterocycles. The van der Waals surface area contributed by atoms with Gasteiger partial charge >= 0.3 is 0 Å². The number of hydrogen-bond donors (Lipinski definition) is 3. The van der Waals surface area contributed by atoms with Crippen LogP contribution < -0.4 is 16.8 Å². The third kappa shape index (κ3) is 3.74. The van der Waals surface area contributed by atoms with Gasteiger partial charge < -0.3 is 16.8 Å². The van der Waals surface area contributed by atoms with E-state index >= 15 is 0 Å². The monoisotopic (exact) mass is 382 g/mol. The van der Waals surface area contributed by atoms with E-state index in [4.69, 9.17) is 11.5 Å². The molecule has 142 valence electrons. The Bertz CT molecular complexity index is 1160. The Labute approximate surface area is 167 Å². The summed E-state index contributed by atoms with van der Waals surface area (Å²) in [5.74, 6) is -0.549. The summed E-state index contributed by atoms with van der Waals surface area (Å²) in [6.07, 6.45) is 3.26. The first-order valence-corrected chi connectivity index (χ1v) is 8.92. The molecular weight excluding hydrogens is 364 g/mol. The van der Waals surface area contributed by atoms with Gasteiger partial charge in [0.2, 0.25) is 5.91 Å². The lowest BCUT2D eigenvalue weighted by Gasteiger charge is -2.16. The lowest BCUT2D eigenvalue weighted by Crippen LogP contribution is -2.14. The van der Waals surface area contributed by atoms with Crippen LogP contribution in [0.25, 0.3) is 22.5 Å². The number of carbonyl (C=O) groups excluding carboxylic acids is 1. The smallest absolute Gasteiger partial charge is 0.249 e. The van der Waals surface area contributed by atoms with Crippen LogP contribution in [0, 0.1) is 0 Å². The van der Waals surface area contributed by atoms with E-state index in [0.717, 1.165) is 16.9 Å². The molecule has 0 atom stereocenters. The van der Waals surface area contributed by atoms with Crippen molar-refractivity contribution in [2.75, 3.05) is 11.1 Å². The molecule has 0 spiro atoms. The first-order valence-electron chi connectivity index (χ1n) is 8.92. The van der Waals surface area contributed by atoms with Crippen LogP contribution >= 0.6 is 0 Å². The van der Waals surface area contributed by atoms with E-state index in [2.05, 4.69) is 20.5 Å². The molecule has 29 heavy (non-hydrogen) atoms. The second-order valence-electron chi connectivity index (χ2n) is 6.34. The number of rotatable bonds is 5. The fourth-order valence-electron chi connectivity index (χ4n) is 3.08. The first kappa shape index (κ1) is 18.1. The van der Waals surface area contributed by atoms with Gasteiger partial charge in [-0.3, -0.25) is 9.78 Å². The van der Waals surface area contributed by atoms with Gasteiger partial charge in [-0.2, -0.15) is 10.2 Å². The Balaban J connectivity index is 1.73. The molecule has 2 aromatic heterocycles. The lowest BCUT2D eigenvalue weighted by molar-refractivity contribution is 0.100. The summed E-state index contributed by atoms with van der Waals surface area (Å²) in [6, 6.07) is 20.2. The van der Waals surface area contributed by atoms with Crippen LogP contribution in [0.2, 0.25) is 0 Å². The maximum Gasteiger partial charge on any atom is 0.249 e. The summed E-state index contributed by atoms with van der Waals surface area (Å²) in [7, 11) is 0. The molecule has 7 heteroatoms. The molecule has 5 N–H and O–H groups in total. The number of pyridine rings is 1. The number of anilines is 3. The van der Waals surface area contributed by atoms with Crippen molar-refractivity contribution in [2.24, 2.45) is 5.73 Å². The zero-order chi connectivity index (χ0) is 20.2. The Kier molecular flexibility index (Phi) is 4.86. The van der Waals surface area contributed by atoms with E-state index in [1.54, 1.807) is 36.7 Å². The second kappa shape index (κ2) is 7.77. The molecule has 0 aliphatic rings. The highest BCUT2D eigenvalue weighted by Crippen LogP contribution is 2.35. The summed E-state index contributed by atoms with van der Waals surface area (Å²) >= 11 is 0. The van der Waals surface area contributed by atoms with Crippen molar-refractivity contribution >= 4 is 23.0 Å². The number of primary amides is 1. The second-order valence-corrected chi connectivity index (χ2v) is 6.34. The fourth-order valence-corrected chi connectivity index (χ4v) is 3.08. The largest absolute Gasteiger partial charge is 0.397 e. The Morgan fingerprint density at radius 3 is 2.38 bits per heavy atom. The molecule has 0 saturated heterocycles. The number of nitrogens with two attached hydrogens (primary N) is 2.